The second-order valence-electron chi connectivity index (χ2n) is 7.29. The van der Waals surface area contributed by atoms with Crippen molar-refractivity contribution in [2.45, 2.75) is 0 Å². The summed E-state index contributed by atoms with van der Waals surface area (Å²) in [6.45, 7) is 0. The van der Waals surface area contributed by atoms with Crippen LogP contribution in [0, 0.1) is 21.4 Å². The standard InChI is InChI=1S/C26H19N3O6/c1-33-20-8-3-16(4-9-20)24-22(14-27)26(35-25(24)17-5-10-21(34-2)11-6-17)28-15-18-13-19(29(31)32)7-12-23(18)30/h3-13,15,30H,1-2H3/p-1. The Kier molecular flexibility index (Phi) is 6.46. The predicted molar refractivity (Wildman–Crippen MR) is 127 cm³/mol. The van der Waals surface area contributed by atoms with Crippen LogP contribution in [0.5, 0.6) is 17.2 Å². The Labute approximate surface area is 200 Å². The van der Waals surface area contributed by atoms with E-state index in [2.05, 4.69) is 11.1 Å². The molecule has 3 aromatic carbocycles. The Morgan fingerprint density at radius 1 is 0.971 bits per heavy atom. The van der Waals surface area contributed by atoms with Crippen LogP contribution in [-0.4, -0.2) is 25.4 Å². The Bertz CT molecular complexity index is 1450. The quantitative estimate of drug-likeness (QED) is 0.206. The van der Waals surface area contributed by atoms with Gasteiger partial charge in [-0.25, -0.2) is 4.99 Å². The number of non-ortho nitro benzene ring substituents is 1. The van der Waals surface area contributed by atoms with Gasteiger partial charge in [-0.15, -0.1) is 0 Å². The van der Waals surface area contributed by atoms with Crippen LogP contribution in [0.2, 0.25) is 0 Å². The van der Waals surface area contributed by atoms with Crippen molar-refractivity contribution in [2.75, 3.05) is 14.2 Å². The molecule has 9 heteroatoms. The van der Waals surface area contributed by atoms with E-state index >= 15 is 0 Å². The minimum Gasteiger partial charge on any atom is -0.872 e. The molecule has 0 spiro atoms. The summed E-state index contributed by atoms with van der Waals surface area (Å²) < 4.78 is 16.5. The van der Waals surface area contributed by atoms with Crippen molar-refractivity contribution in [3.8, 4) is 45.8 Å². The average Bonchev–Trinajstić information content (AvgIpc) is 3.26. The highest BCUT2D eigenvalue weighted by Crippen LogP contribution is 2.43. The number of hydrogen-bond donors (Lipinski definition) is 0. The van der Waals surface area contributed by atoms with E-state index in [1.165, 1.54) is 0 Å². The van der Waals surface area contributed by atoms with Crippen molar-refractivity contribution in [3.05, 3.63) is 88.0 Å². The fourth-order valence-corrected chi connectivity index (χ4v) is 3.47. The summed E-state index contributed by atoms with van der Waals surface area (Å²) in [5.74, 6) is 1.21. The molecule has 0 unspecified atom stereocenters. The molecule has 4 aromatic rings. The highest BCUT2D eigenvalue weighted by atomic mass is 16.6. The van der Waals surface area contributed by atoms with Crippen LogP contribution in [0.25, 0.3) is 22.5 Å². The zero-order chi connectivity index (χ0) is 24.9. The summed E-state index contributed by atoms with van der Waals surface area (Å²) in [7, 11) is 3.12. The number of aliphatic imine (C=N–C) groups is 1. The van der Waals surface area contributed by atoms with E-state index in [1.54, 1.807) is 62.8 Å². The molecule has 0 saturated heterocycles. The maximum atomic E-state index is 12.2. The van der Waals surface area contributed by atoms with Gasteiger partial charge in [0, 0.05) is 29.5 Å². The van der Waals surface area contributed by atoms with Crippen LogP contribution in [0.15, 0.2) is 76.1 Å². The third-order valence-corrected chi connectivity index (χ3v) is 5.26. The normalized spacial score (nSPS) is 10.8. The Morgan fingerprint density at radius 3 is 2.11 bits per heavy atom. The van der Waals surface area contributed by atoms with Gasteiger partial charge in [-0.2, -0.15) is 5.26 Å². The van der Waals surface area contributed by atoms with Crippen molar-refractivity contribution in [3.63, 3.8) is 0 Å². The van der Waals surface area contributed by atoms with E-state index in [4.69, 9.17) is 13.9 Å². The van der Waals surface area contributed by atoms with Crippen LogP contribution < -0.4 is 14.6 Å². The maximum Gasteiger partial charge on any atom is 0.270 e. The second-order valence-corrected chi connectivity index (χ2v) is 7.29. The van der Waals surface area contributed by atoms with E-state index in [0.717, 1.165) is 24.4 Å². The molecule has 0 aliphatic rings. The number of furan rings is 1. The van der Waals surface area contributed by atoms with Gasteiger partial charge in [0.2, 0.25) is 5.88 Å². The lowest BCUT2D eigenvalue weighted by atomic mass is 9.98. The monoisotopic (exact) mass is 468 g/mol. The molecule has 0 N–H and O–H groups in total. The van der Waals surface area contributed by atoms with E-state index in [-0.39, 0.29) is 22.7 Å². The highest BCUT2D eigenvalue weighted by Gasteiger charge is 2.23. The van der Waals surface area contributed by atoms with Crippen LogP contribution in [0.4, 0.5) is 11.6 Å². The van der Waals surface area contributed by atoms with Crippen molar-refractivity contribution in [1.82, 2.24) is 0 Å². The summed E-state index contributed by atoms with van der Waals surface area (Å²) in [6.07, 6.45) is 1.16. The zero-order valence-corrected chi connectivity index (χ0v) is 18.7. The molecule has 1 heterocycles. The number of ether oxygens (including phenoxy) is 2. The third kappa shape index (κ3) is 4.67. The molecule has 0 fully saturated rings. The van der Waals surface area contributed by atoms with Gasteiger partial charge in [0.25, 0.3) is 5.69 Å². The topological polar surface area (TPSA) is 134 Å². The van der Waals surface area contributed by atoms with Crippen LogP contribution in [-0.2, 0) is 0 Å². The SMILES string of the molecule is COc1ccc(-c2oc(N=Cc3cc([N+](=O)[O-])ccc3[O-])c(C#N)c2-c2ccc(OC)cc2)cc1. The molecule has 0 amide bonds. The fraction of sp³-hybridized carbons (Fsp3) is 0.0769. The van der Waals surface area contributed by atoms with Gasteiger partial charge in [0.15, 0.2) is 0 Å². The third-order valence-electron chi connectivity index (χ3n) is 5.26. The van der Waals surface area contributed by atoms with Crippen molar-refractivity contribution in [1.29, 1.82) is 5.26 Å². The van der Waals surface area contributed by atoms with Gasteiger partial charge < -0.3 is 19.0 Å². The highest BCUT2D eigenvalue weighted by molar-refractivity contribution is 5.91. The van der Waals surface area contributed by atoms with Crippen LogP contribution >= 0.6 is 0 Å². The molecule has 0 radical (unpaired) electrons. The van der Waals surface area contributed by atoms with E-state index < -0.39 is 10.7 Å². The summed E-state index contributed by atoms with van der Waals surface area (Å²) in [6, 6.07) is 19.7. The lowest BCUT2D eigenvalue weighted by molar-refractivity contribution is -0.385. The molecule has 0 atom stereocenters. The molecule has 0 aliphatic carbocycles. The number of hydrogen-bond acceptors (Lipinski definition) is 8. The average molecular weight is 468 g/mol. The number of rotatable bonds is 7. The van der Waals surface area contributed by atoms with Crippen LogP contribution in [0.1, 0.15) is 11.1 Å². The summed E-state index contributed by atoms with van der Waals surface area (Å²) in [5, 5.41) is 33.2. The lowest BCUT2D eigenvalue weighted by Gasteiger charge is -2.08. The van der Waals surface area contributed by atoms with Crippen molar-refractivity contribution in [2.24, 2.45) is 4.99 Å². The van der Waals surface area contributed by atoms with Gasteiger partial charge in [0.1, 0.15) is 28.9 Å². The van der Waals surface area contributed by atoms with E-state index in [1.807, 2.05) is 0 Å². The Morgan fingerprint density at radius 2 is 1.57 bits per heavy atom. The number of nitro groups is 1. The zero-order valence-electron chi connectivity index (χ0n) is 18.7. The predicted octanol–water partition coefficient (Wildman–Crippen LogP) is 5.23. The summed E-state index contributed by atoms with van der Waals surface area (Å²) in [5.41, 5.74) is 1.77. The molecule has 0 aliphatic heterocycles. The minimum absolute atomic E-state index is 0.00325. The number of nitriles is 1. The lowest BCUT2D eigenvalue weighted by Crippen LogP contribution is -1.98. The first-order valence-corrected chi connectivity index (χ1v) is 10.3. The number of benzene rings is 3. The largest absolute Gasteiger partial charge is 0.872 e. The van der Waals surface area contributed by atoms with Gasteiger partial charge in [-0.05, 0) is 47.5 Å². The first-order chi connectivity index (χ1) is 16.9. The smallest absolute Gasteiger partial charge is 0.270 e. The van der Waals surface area contributed by atoms with Gasteiger partial charge in [-0.1, -0.05) is 23.9 Å². The molecular formula is C26H18N3O6-. The van der Waals surface area contributed by atoms with Crippen molar-refractivity contribution >= 4 is 17.8 Å². The number of nitrogens with zero attached hydrogens (tertiary/aromatic N) is 3. The summed E-state index contributed by atoms with van der Waals surface area (Å²) in [4.78, 5) is 14.7. The van der Waals surface area contributed by atoms with Gasteiger partial charge in [-0.3, -0.25) is 10.1 Å². The number of nitro benzene ring substituents is 1. The Hall–Kier alpha value is -5.10. The molecule has 0 saturated carbocycles. The molecule has 0 bridgehead atoms. The molecule has 174 valence electrons. The first kappa shape index (κ1) is 23.1. The molecule has 9 nitrogen and oxygen atoms in total. The van der Waals surface area contributed by atoms with E-state index in [0.29, 0.717) is 33.9 Å². The van der Waals surface area contributed by atoms with Crippen LogP contribution in [0.3, 0.4) is 0 Å². The maximum absolute atomic E-state index is 12.2. The Balaban J connectivity index is 1.87. The molecule has 1 aromatic heterocycles. The summed E-state index contributed by atoms with van der Waals surface area (Å²) >= 11 is 0. The first-order valence-electron chi connectivity index (χ1n) is 10.3. The number of methoxy groups -OCH3 is 2. The van der Waals surface area contributed by atoms with Gasteiger partial charge >= 0.3 is 0 Å². The molecule has 4 rings (SSSR count). The molecular weight excluding hydrogens is 450 g/mol. The van der Waals surface area contributed by atoms with E-state index in [9.17, 15) is 20.5 Å². The molecule has 35 heavy (non-hydrogen) atoms. The second kappa shape index (κ2) is 9.80. The fourth-order valence-electron chi connectivity index (χ4n) is 3.47. The minimum atomic E-state index is -0.603. The van der Waals surface area contributed by atoms with Gasteiger partial charge in [0.05, 0.1) is 19.1 Å². The van der Waals surface area contributed by atoms with Crippen molar-refractivity contribution < 1.29 is 23.9 Å².